The van der Waals surface area contributed by atoms with Crippen molar-refractivity contribution in [1.29, 1.82) is 0 Å². The molecule has 14 heteroatoms. The lowest BCUT2D eigenvalue weighted by molar-refractivity contribution is -0.148. The molecular formula is C47H56FN7O6. The van der Waals surface area contributed by atoms with Crippen LogP contribution in [0, 0.1) is 35.4 Å². The van der Waals surface area contributed by atoms with Gasteiger partial charge in [0.05, 0.1) is 61.6 Å². The fraction of sp³-hybridized carbons (Fsp3) is 0.447. The van der Waals surface area contributed by atoms with E-state index in [2.05, 4.69) is 29.1 Å². The molecule has 0 radical (unpaired) electrons. The van der Waals surface area contributed by atoms with Crippen molar-refractivity contribution in [2.45, 2.75) is 78.9 Å². The maximum absolute atomic E-state index is 15.9. The Labute approximate surface area is 355 Å². The van der Waals surface area contributed by atoms with Crippen molar-refractivity contribution in [3.05, 3.63) is 84.3 Å². The van der Waals surface area contributed by atoms with Crippen LogP contribution in [0.25, 0.3) is 44.5 Å². The molecule has 2 aliphatic rings. The molecular weight excluding hydrogens is 778 g/mol. The molecule has 2 fully saturated rings. The number of imidazole rings is 2. The molecule has 3 aromatic carbocycles. The number of aromatic amines is 2. The Morgan fingerprint density at radius 2 is 1.38 bits per heavy atom. The Bertz CT molecular complexity index is 2410. The number of carbonyl (C=O) groups excluding carboxylic acids is 4. The number of H-pyrrole nitrogens is 2. The number of amides is 3. The third kappa shape index (κ3) is 9.03. The van der Waals surface area contributed by atoms with Crippen LogP contribution in [-0.2, 0) is 23.9 Å². The summed E-state index contributed by atoms with van der Waals surface area (Å²) in [6.07, 6.45) is 2.62. The van der Waals surface area contributed by atoms with E-state index in [1.54, 1.807) is 17.2 Å². The first kappa shape index (κ1) is 43.1. The molecule has 5 aromatic rings. The van der Waals surface area contributed by atoms with Gasteiger partial charge in [-0.2, -0.15) is 0 Å². The van der Waals surface area contributed by atoms with Gasteiger partial charge in [-0.3, -0.25) is 14.4 Å². The van der Waals surface area contributed by atoms with Crippen LogP contribution >= 0.6 is 0 Å². The van der Waals surface area contributed by atoms with Crippen molar-refractivity contribution in [1.82, 2.24) is 35.1 Å². The predicted octanol–water partition coefficient (Wildman–Crippen LogP) is 8.46. The van der Waals surface area contributed by atoms with E-state index in [9.17, 15) is 19.2 Å². The van der Waals surface area contributed by atoms with E-state index in [-0.39, 0.29) is 59.8 Å². The van der Waals surface area contributed by atoms with Gasteiger partial charge >= 0.3 is 12.1 Å². The van der Waals surface area contributed by atoms with Crippen LogP contribution in [0.3, 0.4) is 0 Å². The van der Waals surface area contributed by atoms with Crippen LogP contribution in [0.2, 0.25) is 0 Å². The molecule has 3 N–H and O–H groups in total. The van der Waals surface area contributed by atoms with Gasteiger partial charge in [-0.15, -0.1) is 0 Å². The molecule has 2 aliphatic heterocycles. The quantitative estimate of drug-likeness (QED) is 0.106. The van der Waals surface area contributed by atoms with E-state index < -0.39 is 24.0 Å². The van der Waals surface area contributed by atoms with Crippen molar-refractivity contribution < 1.29 is 33.0 Å². The molecule has 0 bridgehead atoms. The number of fused-ring (bicyclic) bond motifs is 1. The zero-order valence-corrected chi connectivity index (χ0v) is 36.1. The zero-order chi connectivity index (χ0) is 43.7. The summed E-state index contributed by atoms with van der Waals surface area (Å²) in [6.45, 7) is 13.0. The topological polar surface area (TPSA) is 163 Å². The summed E-state index contributed by atoms with van der Waals surface area (Å²) < 4.78 is 25.5. The summed E-state index contributed by atoms with van der Waals surface area (Å²) in [5.74, 6) is 0.208. The van der Waals surface area contributed by atoms with Crippen LogP contribution in [0.5, 0.6) is 0 Å². The lowest BCUT2D eigenvalue weighted by Crippen LogP contribution is -2.51. The van der Waals surface area contributed by atoms with Gasteiger partial charge in [0, 0.05) is 18.7 Å². The number of ether oxygens (including phenoxy) is 2. The summed E-state index contributed by atoms with van der Waals surface area (Å²) in [5.41, 5.74) is 5.88. The van der Waals surface area contributed by atoms with Gasteiger partial charge in [0.15, 0.2) is 0 Å². The SMILES string of the molecule is COC(=O)C[C@H](C(=O)N1C[C@@H](C)C[C@H]1c1ncc(-c2ccc(-c3ccc(-c4ccc5nc([C@@H]6C[C@H](C)CN6C(=O)[C@@H](NC(=O)OC)C(C)C)[nH]c5c4)cc3F)cc2)[nH]1)C(C)C. The molecule has 0 spiro atoms. The maximum atomic E-state index is 15.9. The fourth-order valence-electron chi connectivity index (χ4n) is 8.84. The smallest absolute Gasteiger partial charge is 0.407 e. The van der Waals surface area contributed by atoms with Crippen LogP contribution < -0.4 is 5.32 Å². The molecule has 0 saturated carbocycles. The molecule has 0 aliphatic carbocycles. The Morgan fingerprint density at radius 3 is 2.00 bits per heavy atom. The van der Waals surface area contributed by atoms with Crippen molar-refractivity contribution in [3.8, 4) is 33.5 Å². The average molecular weight is 834 g/mol. The highest BCUT2D eigenvalue weighted by Gasteiger charge is 2.41. The minimum atomic E-state index is -0.737. The molecule has 6 atom stereocenters. The second-order valence-electron chi connectivity index (χ2n) is 17.5. The van der Waals surface area contributed by atoms with E-state index in [1.807, 2.05) is 81.1 Å². The lowest BCUT2D eigenvalue weighted by Gasteiger charge is -2.30. The van der Waals surface area contributed by atoms with E-state index in [1.165, 1.54) is 20.3 Å². The molecule has 4 heterocycles. The number of likely N-dealkylation sites (tertiary alicyclic amines) is 2. The number of esters is 1. The first-order chi connectivity index (χ1) is 29.1. The highest BCUT2D eigenvalue weighted by atomic mass is 19.1. The Balaban J connectivity index is 1.05. The van der Waals surface area contributed by atoms with Gasteiger partial charge in [0.1, 0.15) is 23.5 Å². The standard InChI is InChI=1S/C47H56FN7O6/c1-25(2)34(21-41(56)60-7)45(57)54-23-27(5)17-39(54)43-49-22-38(52-43)30-11-9-29(10-12-30)33-15-13-31(19-35(33)48)32-14-16-36-37(20-32)51-44(50-36)40-18-28(6)24-55(40)46(58)42(26(3)4)53-47(59)61-8/h9-16,19-20,22,25-28,34,39-40,42H,17-18,21,23-24H2,1-8H3,(H,49,52)(H,50,51)(H,53,59)/t27-,28-,34-,39-,40-,42-/m0/s1. The minimum absolute atomic E-state index is 0.0301. The monoisotopic (exact) mass is 833 g/mol. The number of methoxy groups -OCH3 is 2. The van der Waals surface area contributed by atoms with E-state index >= 15 is 4.39 Å². The lowest BCUT2D eigenvalue weighted by atomic mass is 9.91. The van der Waals surface area contributed by atoms with Gasteiger partial charge in [-0.25, -0.2) is 19.2 Å². The van der Waals surface area contributed by atoms with Crippen LogP contribution in [-0.4, -0.2) is 87.0 Å². The third-order valence-electron chi connectivity index (χ3n) is 12.3. The average Bonchev–Trinajstić information content (AvgIpc) is 4.06. The number of halogens is 1. The summed E-state index contributed by atoms with van der Waals surface area (Å²) in [5, 5.41) is 2.70. The first-order valence-corrected chi connectivity index (χ1v) is 21.1. The van der Waals surface area contributed by atoms with Gasteiger partial charge < -0.3 is 34.6 Å². The number of benzene rings is 3. The predicted molar refractivity (Wildman–Crippen MR) is 230 cm³/mol. The van der Waals surface area contributed by atoms with Gasteiger partial charge in [-0.1, -0.05) is 84.0 Å². The number of hydrogen-bond donors (Lipinski definition) is 3. The second-order valence-corrected chi connectivity index (χ2v) is 17.5. The van der Waals surface area contributed by atoms with Crippen LogP contribution in [0.1, 0.15) is 84.5 Å². The number of alkyl carbamates (subject to hydrolysis) is 1. The Morgan fingerprint density at radius 1 is 0.770 bits per heavy atom. The number of nitrogens with zero attached hydrogens (tertiary/aromatic N) is 4. The molecule has 7 rings (SSSR count). The third-order valence-corrected chi connectivity index (χ3v) is 12.3. The summed E-state index contributed by atoms with van der Waals surface area (Å²) >= 11 is 0. The normalized spacial score (nSPS) is 20.0. The van der Waals surface area contributed by atoms with Gasteiger partial charge in [0.25, 0.3) is 0 Å². The van der Waals surface area contributed by atoms with E-state index in [0.29, 0.717) is 35.9 Å². The van der Waals surface area contributed by atoms with Gasteiger partial charge in [-0.05, 0) is 77.0 Å². The summed E-state index contributed by atoms with van der Waals surface area (Å²) in [6, 6.07) is 17.3. The Kier molecular flexibility index (Phi) is 12.6. The van der Waals surface area contributed by atoms with Crippen molar-refractivity contribution in [2.24, 2.45) is 29.6 Å². The fourth-order valence-corrected chi connectivity index (χ4v) is 8.84. The number of rotatable bonds is 12. The molecule has 2 saturated heterocycles. The number of nitrogens with one attached hydrogen (secondary N) is 3. The number of aromatic nitrogens is 4. The van der Waals surface area contributed by atoms with Crippen LogP contribution in [0.4, 0.5) is 9.18 Å². The molecule has 13 nitrogen and oxygen atoms in total. The number of carbonyl (C=O) groups is 4. The maximum Gasteiger partial charge on any atom is 0.407 e. The Hall–Kier alpha value is -6.05. The summed E-state index contributed by atoms with van der Waals surface area (Å²) in [7, 11) is 2.62. The number of hydrogen-bond acceptors (Lipinski definition) is 8. The minimum Gasteiger partial charge on any atom is -0.469 e. The van der Waals surface area contributed by atoms with Crippen LogP contribution in [0.15, 0.2) is 66.9 Å². The zero-order valence-electron chi connectivity index (χ0n) is 36.1. The van der Waals surface area contributed by atoms with E-state index in [4.69, 9.17) is 19.4 Å². The molecule has 2 aromatic heterocycles. The van der Waals surface area contributed by atoms with Crippen molar-refractivity contribution >= 4 is 34.9 Å². The molecule has 0 unspecified atom stereocenters. The highest BCUT2D eigenvalue weighted by molar-refractivity contribution is 5.87. The summed E-state index contributed by atoms with van der Waals surface area (Å²) in [4.78, 5) is 71.8. The molecule has 3 amide bonds. The second kappa shape index (κ2) is 17.9. The largest absolute Gasteiger partial charge is 0.469 e. The molecule has 61 heavy (non-hydrogen) atoms. The van der Waals surface area contributed by atoms with Crippen molar-refractivity contribution in [3.63, 3.8) is 0 Å². The van der Waals surface area contributed by atoms with E-state index in [0.717, 1.165) is 46.3 Å². The molecule has 322 valence electrons. The first-order valence-electron chi connectivity index (χ1n) is 21.1. The van der Waals surface area contributed by atoms with Crippen molar-refractivity contribution in [2.75, 3.05) is 27.3 Å². The highest BCUT2D eigenvalue weighted by Crippen LogP contribution is 2.39. The van der Waals surface area contributed by atoms with Gasteiger partial charge in [0.2, 0.25) is 11.8 Å².